The third-order valence-electron chi connectivity index (χ3n) is 6.68. The van der Waals surface area contributed by atoms with E-state index < -0.39 is 0 Å². The molecule has 1 aromatic carbocycles. The number of rotatable bonds is 4. The number of amidine groups is 1. The number of carbonyl (C=O) groups is 1. The van der Waals surface area contributed by atoms with Gasteiger partial charge in [0.05, 0.1) is 0 Å². The number of carbonyl (C=O) groups excluding carboxylic acids is 1. The molecule has 5 heteroatoms. The van der Waals surface area contributed by atoms with Gasteiger partial charge in [0.1, 0.15) is 11.5 Å². The van der Waals surface area contributed by atoms with Crippen molar-refractivity contribution in [3.05, 3.63) is 59.1 Å². The molecule has 1 aromatic rings. The van der Waals surface area contributed by atoms with E-state index in [-0.39, 0.29) is 23.1 Å². The zero-order chi connectivity index (χ0) is 20.8. The van der Waals surface area contributed by atoms with Crippen molar-refractivity contribution in [2.75, 3.05) is 13.1 Å². The molecule has 0 bridgehead atoms. The lowest BCUT2D eigenvalue weighted by atomic mass is 9.75. The standard InChI is InChI=1S/C24H31N3O2/c1-16(2)26-12-13-27-20(25-18(4)22(28)21(27)23(26)29)15-24(10-5-6-11-24)19-9-7-8-17(3)14-19/h7-9,14,16,28H,4-6,10-13,15H2,1-3H3. The van der Waals surface area contributed by atoms with E-state index in [1.807, 2.05) is 23.6 Å². The normalized spacial score (nSPS) is 21.7. The molecule has 29 heavy (non-hydrogen) atoms. The van der Waals surface area contributed by atoms with Crippen molar-refractivity contribution in [1.82, 2.24) is 9.80 Å². The van der Waals surface area contributed by atoms with E-state index in [0.29, 0.717) is 24.5 Å². The average Bonchev–Trinajstić information content (AvgIpc) is 3.15. The van der Waals surface area contributed by atoms with Crippen molar-refractivity contribution in [3.63, 3.8) is 0 Å². The highest BCUT2D eigenvalue weighted by Crippen LogP contribution is 2.45. The number of amides is 1. The molecule has 154 valence electrons. The van der Waals surface area contributed by atoms with Gasteiger partial charge in [-0.15, -0.1) is 0 Å². The fourth-order valence-corrected chi connectivity index (χ4v) is 5.09. The molecule has 1 N–H and O–H groups in total. The molecule has 0 atom stereocenters. The van der Waals surface area contributed by atoms with Crippen molar-refractivity contribution in [2.24, 2.45) is 4.99 Å². The van der Waals surface area contributed by atoms with E-state index in [4.69, 9.17) is 0 Å². The number of benzene rings is 1. The first-order valence-corrected chi connectivity index (χ1v) is 10.7. The second-order valence-corrected chi connectivity index (χ2v) is 8.95. The number of piperazine rings is 1. The van der Waals surface area contributed by atoms with Crippen molar-refractivity contribution in [1.29, 1.82) is 0 Å². The Hall–Kier alpha value is -2.56. The maximum atomic E-state index is 13.1. The monoisotopic (exact) mass is 393 g/mol. The quantitative estimate of drug-likeness (QED) is 0.822. The second kappa shape index (κ2) is 7.36. The molecule has 3 aliphatic rings. The summed E-state index contributed by atoms with van der Waals surface area (Å²) in [5.74, 6) is 0.649. The van der Waals surface area contributed by atoms with Crippen LogP contribution in [-0.2, 0) is 10.2 Å². The summed E-state index contributed by atoms with van der Waals surface area (Å²) in [6.07, 6.45) is 5.41. The van der Waals surface area contributed by atoms with Crippen LogP contribution in [0, 0.1) is 6.92 Å². The van der Waals surface area contributed by atoms with Crippen LogP contribution in [0.15, 0.2) is 53.0 Å². The largest absolute Gasteiger partial charge is 0.504 e. The highest BCUT2D eigenvalue weighted by Gasteiger charge is 2.43. The van der Waals surface area contributed by atoms with E-state index in [1.54, 1.807) is 0 Å². The predicted molar refractivity (Wildman–Crippen MR) is 116 cm³/mol. The molecular weight excluding hydrogens is 362 g/mol. The number of aliphatic hydroxyl groups excluding tert-OH is 1. The zero-order valence-corrected chi connectivity index (χ0v) is 17.7. The number of nitrogens with zero attached hydrogens (tertiary/aromatic N) is 3. The van der Waals surface area contributed by atoms with Crippen LogP contribution in [-0.4, -0.2) is 45.8 Å². The Balaban J connectivity index is 1.69. The molecule has 1 aliphatic carbocycles. The number of hydrogen-bond donors (Lipinski definition) is 1. The molecule has 0 spiro atoms. The van der Waals surface area contributed by atoms with Gasteiger partial charge in [-0.05, 0) is 39.2 Å². The maximum Gasteiger partial charge on any atom is 0.274 e. The molecule has 0 radical (unpaired) electrons. The van der Waals surface area contributed by atoms with Gasteiger partial charge in [-0.25, -0.2) is 4.99 Å². The van der Waals surface area contributed by atoms with E-state index >= 15 is 0 Å². The summed E-state index contributed by atoms with van der Waals surface area (Å²) in [7, 11) is 0. The lowest BCUT2D eigenvalue weighted by Crippen LogP contribution is -2.55. The first-order valence-electron chi connectivity index (χ1n) is 10.7. The van der Waals surface area contributed by atoms with Crippen LogP contribution in [0.5, 0.6) is 0 Å². The summed E-state index contributed by atoms with van der Waals surface area (Å²) in [5, 5.41) is 10.6. The molecule has 1 amide bonds. The smallest absolute Gasteiger partial charge is 0.274 e. The molecule has 2 heterocycles. The van der Waals surface area contributed by atoms with Crippen LogP contribution in [0.25, 0.3) is 0 Å². The molecule has 0 aromatic heterocycles. The molecule has 2 aliphatic heterocycles. The first-order chi connectivity index (χ1) is 13.8. The molecule has 4 rings (SSSR count). The van der Waals surface area contributed by atoms with Crippen LogP contribution in [0.4, 0.5) is 0 Å². The van der Waals surface area contributed by atoms with E-state index in [1.165, 1.54) is 24.0 Å². The van der Waals surface area contributed by atoms with Crippen LogP contribution >= 0.6 is 0 Å². The van der Waals surface area contributed by atoms with Crippen molar-refractivity contribution >= 4 is 11.7 Å². The first kappa shape index (κ1) is 19.7. The summed E-state index contributed by atoms with van der Waals surface area (Å²) in [5.41, 5.74) is 3.29. The highest BCUT2D eigenvalue weighted by molar-refractivity contribution is 6.02. The maximum absolute atomic E-state index is 13.1. The van der Waals surface area contributed by atoms with Gasteiger partial charge in [0.15, 0.2) is 11.5 Å². The second-order valence-electron chi connectivity index (χ2n) is 8.95. The Bertz CT molecular complexity index is 906. The van der Waals surface area contributed by atoms with Crippen LogP contribution in [0.1, 0.15) is 57.1 Å². The van der Waals surface area contributed by atoms with Gasteiger partial charge in [-0.3, -0.25) is 4.79 Å². The molecule has 1 saturated heterocycles. The van der Waals surface area contributed by atoms with Gasteiger partial charge in [-0.2, -0.15) is 0 Å². The minimum absolute atomic E-state index is 0.0292. The Morgan fingerprint density at radius 2 is 1.97 bits per heavy atom. The van der Waals surface area contributed by atoms with E-state index in [2.05, 4.69) is 42.8 Å². The molecule has 0 unspecified atom stereocenters. The summed E-state index contributed by atoms with van der Waals surface area (Å²) in [6, 6.07) is 8.88. The fraction of sp³-hybridized carbons (Fsp3) is 0.500. The van der Waals surface area contributed by atoms with Gasteiger partial charge in [0.25, 0.3) is 5.91 Å². The zero-order valence-electron chi connectivity index (χ0n) is 17.7. The predicted octanol–water partition coefficient (Wildman–Crippen LogP) is 4.44. The summed E-state index contributed by atoms with van der Waals surface area (Å²) in [6.45, 7) is 11.4. The van der Waals surface area contributed by atoms with Crippen LogP contribution < -0.4 is 0 Å². The SMILES string of the molecule is C=C1N=C(CC2(c3cccc(C)c3)CCCC2)N2CCN(C(C)C)C(=O)C2=C1O. The summed E-state index contributed by atoms with van der Waals surface area (Å²) < 4.78 is 0. The molecular formula is C24H31N3O2. The Morgan fingerprint density at radius 3 is 2.62 bits per heavy atom. The minimum Gasteiger partial charge on any atom is -0.504 e. The number of aryl methyl sites for hydroxylation is 1. The molecule has 1 saturated carbocycles. The summed E-state index contributed by atoms with van der Waals surface area (Å²) >= 11 is 0. The van der Waals surface area contributed by atoms with E-state index in [9.17, 15) is 9.90 Å². The van der Waals surface area contributed by atoms with Gasteiger partial charge >= 0.3 is 0 Å². The third-order valence-corrected chi connectivity index (χ3v) is 6.68. The van der Waals surface area contributed by atoms with Gasteiger partial charge in [0.2, 0.25) is 0 Å². The van der Waals surface area contributed by atoms with Crippen LogP contribution in [0.3, 0.4) is 0 Å². The number of hydrogen-bond acceptors (Lipinski definition) is 4. The number of aliphatic hydroxyl groups is 1. The topological polar surface area (TPSA) is 56.1 Å². The number of aliphatic imine (C=N–C) groups is 1. The van der Waals surface area contributed by atoms with Gasteiger partial charge in [0, 0.05) is 31.0 Å². The number of fused-ring (bicyclic) bond motifs is 1. The Labute approximate surface area is 173 Å². The molecule has 2 fully saturated rings. The molecule has 5 nitrogen and oxygen atoms in total. The lowest BCUT2D eigenvalue weighted by molar-refractivity contribution is -0.132. The van der Waals surface area contributed by atoms with Crippen molar-refractivity contribution < 1.29 is 9.90 Å². The Morgan fingerprint density at radius 1 is 1.24 bits per heavy atom. The van der Waals surface area contributed by atoms with E-state index in [0.717, 1.165) is 25.1 Å². The highest BCUT2D eigenvalue weighted by atomic mass is 16.3. The van der Waals surface area contributed by atoms with Gasteiger partial charge in [-0.1, -0.05) is 49.2 Å². The van der Waals surface area contributed by atoms with Crippen molar-refractivity contribution in [2.45, 2.75) is 64.3 Å². The lowest BCUT2D eigenvalue weighted by Gasteiger charge is -2.43. The average molecular weight is 394 g/mol. The van der Waals surface area contributed by atoms with Crippen LogP contribution in [0.2, 0.25) is 0 Å². The fourth-order valence-electron chi connectivity index (χ4n) is 5.09. The van der Waals surface area contributed by atoms with Crippen molar-refractivity contribution in [3.8, 4) is 0 Å². The summed E-state index contributed by atoms with van der Waals surface area (Å²) in [4.78, 5) is 21.5. The minimum atomic E-state index is -0.131. The van der Waals surface area contributed by atoms with Gasteiger partial charge < -0.3 is 14.9 Å². The Kier molecular flexibility index (Phi) is 5.01. The third kappa shape index (κ3) is 3.37.